The van der Waals surface area contributed by atoms with E-state index in [2.05, 4.69) is 139 Å². The number of benzene rings is 6. The van der Waals surface area contributed by atoms with Crippen molar-refractivity contribution in [2.45, 2.75) is 4.90 Å². The third kappa shape index (κ3) is 3.95. The normalized spacial score (nSPS) is 12.6. The highest BCUT2D eigenvalue weighted by molar-refractivity contribution is 7.99. The van der Waals surface area contributed by atoms with E-state index in [1.54, 1.807) is 0 Å². The Morgan fingerprint density at radius 1 is 0.475 bits per heavy atom. The molecule has 2 heterocycles. The van der Waals surface area contributed by atoms with Gasteiger partial charge in [-0.2, -0.15) is 0 Å². The van der Waals surface area contributed by atoms with Crippen LogP contribution in [0.3, 0.4) is 0 Å². The molecule has 0 radical (unpaired) electrons. The average molecular weight is 532 g/mol. The third-order valence-corrected chi connectivity index (χ3v) is 8.87. The molecule has 0 atom stereocenters. The van der Waals surface area contributed by atoms with Crippen molar-refractivity contribution in [1.29, 1.82) is 0 Å². The lowest BCUT2D eigenvalue weighted by Gasteiger charge is -2.11. The molecule has 6 aromatic carbocycles. The van der Waals surface area contributed by atoms with E-state index >= 15 is 0 Å². The second-order valence-corrected chi connectivity index (χ2v) is 11.3. The molecule has 3 heteroatoms. The zero-order valence-corrected chi connectivity index (χ0v) is 22.5. The van der Waals surface area contributed by atoms with E-state index in [9.17, 15) is 0 Å². The zero-order valence-electron chi connectivity index (χ0n) is 21.6. The molecule has 1 N–H and O–H groups in total. The van der Waals surface area contributed by atoms with Crippen molar-refractivity contribution in [2.75, 3.05) is 5.32 Å². The smallest absolute Gasteiger partial charge is 0.136 e. The molecule has 0 unspecified atom stereocenters. The fourth-order valence-electron chi connectivity index (χ4n) is 5.63. The number of hydrogen-bond acceptors (Lipinski definition) is 2. The van der Waals surface area contributed by atoms with Crippen LogP contribution in [0.2, 0.25) is 0 Å². The lowest BCUT2D eigenvalue weighted by molar-refractivity contribution is 0.669. The molecular formula is C37H25NOS. The van der Waals surface area contributed by atoms with Gasteiger partial charge in [-0.05, 0) is 63.7 Å². The summed E-state index contributed by atoms with van der Waals surface area (Å²) in [6.45, 7) is 0. The highest BCUT2D eigenvalue weighted by Gasteiger charge is 2.20. The van der Waals surface area contributed by atoms with Crippen LogP contribution in [0.15, 0.2) is 149 Å². The SMILES string of the molecule is c1ccc(-c2ccc(-c3ccc(-c4cc(C5=[SH]c6ccccc6N5)c5c(c4)oc4ccccc45)cc3)cc2)cc1. The van der Waals surface area contributed by atoms with Gasteiger partial charge < -0.3 is 9.73 Å². The van der Waals surface area contributed by atoms with Crippen molar-refractivity contribution in [3.8, 4) is 33.4 Å². The van der Waals surface area contributed by atoms with Crippen molar-refractivity contribution < 1.29 is 4.42 Å². The molecule has 40 heavy (non-hydrogen) atoms. The summed E-state index contributed by atoms with van der Waals surface area (Å²) in [6, 6.07) is 49.5. The highest BCUT2D eigenvalue weighted by Crippen LogP contribution is 2.39. The summed E-state index contributed by atoms with van der Waals surface area (Å²) in [4.78, 5) is 2.49. The van der Waals surface area contributed by atoms with Gasteiger partial charge >= 0.3 is 0 Å². The number of anilines is 1. The fourth-order valence-corrected chi connectivity index (χ4v) is 6.75. The number of rotatable bonds is 4. The molecule has 1 aliphatic rings. The second-order valence-electron chi connectivity index (χ2n) is 10.1. The van der Waals surface area contributed by atoms with Crippen LogP contribution in [0.1, 0.15) is 5.56 Å². The maximum atomic E-state index is 6.39. The van der Waals surface area contributed by atoms with Gasteiger partial charge in [-0.3, -0.25) is 0 Å². The van der Waals surface area contributed by atoms with Gasteiger partial charge in [0.05, 0.1) is 10.7 Å². The maximum Gasteiger partial charge on any atom is 0.136 e. The minimum Gasteiger partial charge on any atom is -0.456 e. The molecule has 7 aromatic rings. The molecule has 0 saturated heterocycles. The number of para-hydroxylation sites is 2. The first-order valence-electron chi connectivity index (χ1n) is 13.5. The van der Waals surface area contributed by atoms with Crippen LogP contribution in [0.25, 0.3) is 55.3 Å². The van der Waals surface area contributed by atoms with E-state index in [1.165, 1.54) is 60.3 Å². The van der Waals surface area contributed by atoms with Crippen LogP contribution in [0, 0.1) is 0 Å². The predicted molar refractivity (Wildman–Crippen MR) is 171 cm³/mol. The summed E-state index contributed by atoms with van der Waals surface area (Å²) >= 11 is 1.18. The Morgan fingerprint density at radius 3 is 1.75 bits per heavy atom. The molecular weight excluding hydrogens is 506 g/mol. The van der Waals surface area contributed by atoms with Crippen LogP contribution in [-0.4, -0.2) is 4.99 Å². The van der Waals surface area contributed by atoms with Crippen molar-refractivity contribution in [3.05, 3.63) is 145 Å². The van der Waals surface area contributed by atoms with E-state index in [-0.39, 0.29) is 0 Å². The molecule has 0 bridgehead atoms. The number of fused-ring (bicyclic) bond motifs is 4. The van der Waals surface area contributed by atoms with Gasteiger partial charge in [-0.25, -0.2) is 0 Å². The Labute approximate surface area is 236 Å². The molecule has 0 saturated carbocycles. The van der Waals surface area contributed by atoms with Gasteiger partial charge in [0.15, 0.2) is 0 Å². The minimum absolute atomic E-state index is 0.912. The molecule has 1 aromatic heterocycles. The van der Waals surface area contributed by atoms with Crippen molar-refractivity contribution in [3.63, 3.8) is 0 Å². The standard InChI is InChI=1S/C37H25NOS/c1-2-8-24(9-3-1)25-14-16-26(17-15-25)27-18-20-28(21-19-27)29-22-31(37-38-32-11-5-7-13-35(32)40-37)36-30-10-4-6-12-33(30)39-34(36)23-29/h1-23,38,40H. The lowest BCUT2D eigenvalue weighted by atomic mass is 9.96. The predicted octanol–water partition coefficient (Wildman–Crippen LogP) is 10.0. The van der Waals surface area contributed by atoms with E-state index in [4.69, 9.17) is 4.42 Å². The monoisotopic (exact) mass is 531 g/mol. The van der Waals surface area contributed by atoms with E-state index in [1.807, 2.05) is 6.07 Å². The van der Waals surface area contributed by atoms with Gasteiger partial charge in [0, 0.05) is 21.2 Å². The first-order chi connectivity index (χ1) is 19.8. The average Bonchev–Trinajstić information content (AvgIpc) is 3.63. The highest BCUT2D eigenvalue weighted by atomic mass is 32.1. The summed E-state index contributed by atoms with van der Waals surface area (Å²) in [5.74, 6) is 0. The maximum absolute atomic E-state index is 6.39. The molecule has 0 amide bonds. The van der Waals surface area contributed by atoms with Gasteiger partial charge in [-0.1, -0.05) is 109 Å². The number of hydrogen-bond donors (Lipinski definition) is 2. The quantitative estimate of drug-likeness (QED) is 0.174. The summed E-state index contributed by atoms with van der Waals surface area (Å²) in [5.41, 5.74) is 11.4. The largest absolute Gasteiger partial charge is 0.456 e. The summed E-state index contributed by atoms with van der Waals surface area (Å²) < 4.78 is 6.39. The van der Waals surface area contributed by atoms with Gasteiger partial charge in [0.2, 0.25) is 0 Å². The summed E-state index contributed by atoms with van der Waals surface area (Å²) in [6.07, 6.45) is 0. The zero-order chi connectivity index (χ0) is 26.5. The first kappa shape index (κ1) is 23.1. The molecule has 8 rings (SSSR count). The van der Waals surface area contributed by atoms with Crippen molar-refractivity contribution in [2.24, 2.45) is 0 Å². The Morgan fingerprint density at radius 2 is 1.05 bits per heavy atom. The number of thiol groups is 1. The van der Waals surface area contributed by atoms with Gasteiger partial charge in [-0.15, -0.1) is 11.4 Å². The Hall–Kier alpha value is -4.86. The molecule has 0 aliphatic carbocycles. The fraction of sp³-hybridized carbons (Fsp3) is 0. The number of nitrogens with one attached hydrogen (secondary N) is 1. The topological polar surface area (TPSA) is 25.2 Å². The van der Waals surface area contributed by atoms with Crippen LogP contribution >= 0.6 is 11.4 Å². The number of furan rings is 1. The van der Waals surface area contributed by atoms with Crippen molar-refractivity contribution in [1.82, 2.24) is 0 Å². The van der Waals surface area contributed by atoms with Crippen LogP contribution in [-0.2, 0) is 0 Å². The Kier molecular flexibility index (Phi) is 5.42. The minimum atomic E-state index is 0.912. The molecule has 0 fully saturated rings. The first-order valence-corrected chi connectivity index (χ1v) is 14.4. The summed E-state index contributed by atoms with van der Waals surface area (Å²) in [7, 11) is 0. The van der Waals surface area contributed by atoms with Crippen molar-refractivity contribution >= 4 is 44.0 Å². The van der Waals surface area contributed by atoms with Crippen LogP contribution < -0.4 is 5.32 Å². The Bertz CT molecular complexity index is 2050. The summed E-state index contributed by atoms with van der Waals surface area (Å²) in [5, 5.41) is 6.00. The molecule has 0 spiro atoms. The van der Waals surface area contributed by atoms with Crippen LogP contribution in [0.4, 0.5) is 5.69 Å². The van der Waals surface area contributed by atoms with E-state index in [0.717, 1.165) is 27.5 Å². The molecule has 2 nitrogen and oxygen atoms in total. The van der Waals surface area contributed by atoms with E-state index in [0.29, 0.717) is 0 Å². The van der Waals surface area contributed by atoms with E-state index < -0.39 is 0 Å². The Balaban J connectivity index is 1.19. The lowest BCUT2D eigenvalue weighted by Crippen LogP contribution is -2.08. The second kappa shape index (κ2) is 9.41. The third-order valence-electron chi connectivity index (χ3n) is 7.67. The van der Waals surface area contributed by atoms with Crippen LogP contribution in [0.5, 0.6) is 0 Å². The van der Waals surface area contributed by atoms with Gasteiger partial charge in [0.1, 0.15) is 11.2 Å². The molecule has 190 valence electrons. The molecule has 1 aliphatic heterocycles. The van der Waals surface area contributed by atoms with Gasteiger partial charge in [0.25, 0.3) is 0 Å².